The molecule has 0 bridgehead atoms. The molecule has 0 saturated carbocycles. The molecule has 0 aliphatic heterocycles. The molecule has 0 radical (unpaired) electrons. The van der Waals surface area contributed by atoms with Crippen molar-refractivity contribution in [1.82, 2.24) is 9.55 Å². The topological polar surface area (TPSA) is 64.0 Å². The van der Waals surface area contributed by atoms with Crippen molar-refractivity contribution in [2.24, 2.45) is 0 Å². The highest BCUT2D eigenvalue weighted by Crippen LogP contribution is 2.18. The SMILES string of the molecule is CCCc1c(C(=O)Nc2ccccc2C)c(=O)cc(C)n1Cc1cccnc1. The number of rotatable bonds is 6. The number of anilines is 1. The number of amides is 1. The van der Waals surface area contributed by atoms with Crippen molar-refractivity contribution in [3.8, 4) is 0 Å². The van der Waals surface area contributed by atoms with Crippen LogP contribution in [0, 0.1) is 13.8 Å². The van der Waals surface area contributed by atoms with Gasteiger partial charge < -0.3 is 9.88 Å². The van der Waals surface area contributed by atoms with E-state index in [1.807, 2.05) is 57.2 Å². The van der Waals surface area contributed by atoms with Crippen molar-refractivity contribution in [3.05, 3.63) is 93.2 Å². The van der Waals surface area contributed by atoms with Gasteiger partial charge in [0, 0.05) is 42.1 Å². The number of carbonyl (C=O) groups excluding carboxylic acids is 1. The molecule has 2 heterocycles. The molecule has 5 heteroatoms. The minimum absolute atomic E-state index is 0.222. The maximum atomic E-state index is 13.1. The third-order valence-corrected chi connectivity index (χ3v) is 4.80. The molecule has 0 aliphatic carbocycles. The summed E-state index contributed by atoms with van der Waals surface area (Å²) in [7, 11) is 0. The van der Waals surface area contributed by atoms with Gasteiger partial charge in [0.05, 0.1) is 0 Å². The van der Waals surface area contributed by atoms with E-state index in [4.69, 9.17) is 0 Å². The number of aromatic nitrogens is 2. The van der Waals surface area contributed by atoms with Crippen LogP contribution in [0.5, 0.6) is 0 Å². The summed E-state index contributed by atoms with van der Waals surface area (Å²) < 4.78 is 2.05. The Morgan fingerprint density at radius 1 is 1.14 bits per heavy atom. The predicted molar refractivity (Wildman–Crippen MR) is 112 cm³/mol. The first-order valence-corrected chi connectivity index (χ1v) is 9.50. The van der Waals surface area contributed by atoms with Gasteiger partial charge in [0.25, 0.3) is 5.91 Å². The Morgan fingerprint density at radius 2 is 1.93 bits per heavy atom. The smallest absolute Gasteiger partial charge is 0.261 e. The Balaban J connectivity index is 2.07. The Labute approximate surface area is 165 Å². The Bertz CT molecular complexity index is 1040. The second-order valence-corrected chi connectivity index (χ2v) is 6.94. The van der Waals surface area contributed by atoms with Crippen molar-refractivity contribution >= 4 is 11.6 Å². The molecule has 1 aromatic carbocycles. The minimum atomic E-state index is -0.359. The molecular formula is C23H25N3O2. The summed E-state index contributed by atoms with van der Waals surface area (Å²) in [5.74, 6) is -0.359. The van der Waals surface area contributed by atoms with E-state index in [0.29, 0.717) is 18.7 Å². The first-order valence-electron chi connectivity index (χ1n) is 9.50. The van der Waals surface area contributed by atoms with Gasteiger partial charge in [-0.15, -0.1) is 0 Å². The highest BCUT2D eigenvalue weighted by molar-refractivity contribution is 6.05. The van der Waals surface area contributed by atoms with Gasteiger partial charge in [-0.1, -0.05) is 37.6 Å². The number of nitrogens with one attached hydrogen (secondary N) is 1. The fourth-order valence-corrected chi connectivity index (χ4v) is 3.36. The van der Waals surface area contributed by atoms with Gasteiger partial charge in [-0.05, 0) is 43.5 Å². The van der Waals surface area contributed by atoms with Crippen LogP contribution in [0.2, 0.25) is 0 Å². The lowest BCUT2D eigenvalue weighted by atomic mass is 10.0. The first kappa shape index (κ1) is 19.5. The highest BCUT2D eigenvalue weighted by Gasteiger charge is 2.20. The maximum Gasteiger partial charge on any atom is 0.261 e. The molecule has 28 heavy (non-hydrogen) atoms. The fourth-order valence-electron chi connectivity index (χ4n) is 3.36. The zero-order valence-corrected chi connectivity index (χ0v) is 16.5. The Hall–Kier alpha value is -3.21. The van der Waals surface area contributed by atoms with E-state index >= 15 is 0 Å². The summed E-state index contributed by atoms with van der Waals surface area (Å²) >= 11 is 0. The molecule has 2 aromatic heterocycles. The highest BCUT2D eigenvalue weighted by atomic mass is 16.2. The number of hydrogen-bond acceptors (Lipinski definition) is 3. The summed E-state index contributed by atoms with van der Waals surface area (Å²) in [5, 5.41) is 2.91. The number of hydrogen-bond donors (Lipinski definition) is 1. The monoisotopic (exact) mass is 375 g/mol. The lowest BCUT2D eigenvalue weighted by Gasteiger charge is -2.20. The van der Waals surface area contributed by atoms with Gasteiger partial charge in [-0.2, -0.15) is 0 Å². The molecule has 5 nitrogen and oxygen atoms in total. The molecular weight excluding hydrogens is 350 g/mol. The summed E-state index contributed by atoms with van der Waals surface area (Å²) in [5.41, 5.74) is 4.28. The molecule has 1 N–H and O–H groups in total. The quantitative estimate of drug-likeness (QED) is 0.705. The van der Waals surface area contributed by atoms with Gasteiger partial charge in [0.1, 0.15) is 5.56 Å². The molecule has 0 saturated heterocycles. The summed E-state index contributed by atoms with van der Waals surface area (Å²) in [4.78, 5) is 30.0. The van der Waals surface area contributed by atoms with Crippen LogP contribution < -0.4 is 10.7 Å². The van der Waals surface area contributed by atoms with Crippen LogP contribution in [-0.4, -0.2) is 15.5 Å². The minimum Gasteiger partial charge on any atom is -0.343 e. The van der Waals surface area contributed by atoms with E-state index in [9.17, 15) is 9.59 Å². The third-order valence-electron chi connectivity index (χ3n) is 4.80. The van der Waals surface area contributed by atoms with Gasteiger partial charge in [0.2, 0.25) is 0 Å². The summed E-state index contributed by atoms with van der Waals surface area (Å²) in [6.45, 7) is 6.45. The third kappa shape index (κ3) is 4.19. The number of aryl methyl sites for hydroxylation is 2. The van der Waals surface area contributed by atoms with E-state index in [2.05, 4.69) is 14.9 Å². The molecule has 3 rings (SSSR count). The second kappa shape index (κ2) is 8.65. The molecule has 0 spiro atoms. The van der Waals surface area contributed by atoms with E-state index < -0.39 is 0 Å². The molecule has 0 aliphatic rings. The predicted octanol–water partition coefficient (Wildman–Crippen LogP) is 4.11. The lowest BCUT2D eigenvalue weighted by Crippen LogP contribution is -2.28. The van der Waals surface area contributed by atoms with E-state index in [-0.39, 0.29) is 16.9 Å². The molecule has 3 aromatic rings. The summed E-state index contributed by atoms with van der Waals surface area (Å²) in [6.07, 6.45) is 5.02. The number of benzene rings is 1. The number of nitrogens with zero attached hydrogens (tertiary/aromatic N) is 2. The van der Waals surface area contributed by atoms with Crippen LogP contribution in [0.3, 0.4) is 0 Å². The van der Waals surface area contributed by atoms with Crippen molar-refractivity contribution < 1.29 is 4.79 Å². The molecule has 144 valence electrons. The van der Waals surface area contributed by atoms with Gasteiger partial charge in [-0.3, -0.25) is 14.6 Å². The van der Waals surface area contributed by atoms with Gasteiger partial charge >= 0.3 is 0 Å². The first-order chi connectivity index (χ1) is 13.5. The molecule has 0 atom stereocenters. The van der Waals surface area contributed by atoms with Crippen LogP contribution in [0.15, 0.2) is 59.7 Å². The molecule has 0 unspecified atom stereocenters. The normalized spacial score (nSPS) is 10.7. The largest absolute Gasteiger partial charge is 0.343 e. The number of pyridine rings is 2. The number of carbonyl (C=O) groups is 1. The summed E-state index contributed by atoms with van der Waals surface area (Å²) in [6, 6.07) is 13.0. The van der Waals surface area contributed by atoms with Crippen molar-refractivity contribution in [2.45, 2.75) is 40.2 Å². The Morgan fingerprint density at radius 3 is 2.61 bits per heavy atom. The van der Waals surface area contributed by atoms with Crippen molar-refractivity contribution in [1.29, 1.82) is 0 Å². The molecule has 1 amide bonds. The van der Waals surface area contributed by atoms with E-state index in [1.54, 1.807) is 18.5 Å². The standard InChI is InChI=1S/C23H25N3O2/c1-4-8-20-22(23(28)25-19-11-6-5-9-16(19)2)21(27)13-17(3)26(20)15-18-10-7-12-24-14-18/h5-7,9-14H,4,8,15H2,1-3H3,(H,25,28). The van der Waals surface area contributed by atoms with Crippen LogP contribution in [0.1, 0.15) is 46.2 Å². The number of para-hydroxylation sites is 1. The van der Waals surface area contributed by atoms with Crippen LogP contribution in [0.25, 0.3) is 0 Å². The van der Waals surface area contributed by atoms with Gasteiger partial charge in [-0.25, -0.2) is 0 Å². The fraction of sp³-hybridized carbons (Fsp3) is 0.261. The van der Waals surface area contributed by atoms with Crippen LogP contribution in [0.4, 0.5) is 5.69 Å². The zero-order valence-electron chi connectivity index (χ0n) is 16.5. The van der Waals surface area contributed by atoms with Crippen molar-refractivity contribution in [2.75, 3.05) is 5.32 Å². The molecule has 0 fully saturated rings. The van der Waals surface area contributed by atoms with Crippen molar-refractivity contribution in [3.63, 3.8) is 0 Å². The van der Waals surface area contributed by atoms with Crippen LogP contribution in [-0.2, 0) is 13.0 Å². The van der Waals surface area contributed by atoms with E-state index in [1.165, 1.54) is 0 Å². The average molecular weight is 375 g/mol. The van der Waals surface area contributed by atoms with Crippen LogP contribution >= 0.6 is 0 Å². The lowest BCUT2D eigenvalue weighted by molar-refractivity contribution is 0.102. The zero-order chi connectivity index (χ0) is 20.1. The Kier molecular flexibility index (Phi) is 6.04. The second-order valence-electron chi connectivity index (χ2n) is 6.94. The average Bonchev–Trinajstić information content (AvgIpc) is 2.67. The maximum absolute atomic E-state index is 13.1. The van der Waals surface area contributed by atoms with E-state index in [0.717, 1.165) is 28.9 Å². The van der Waals surface area contributed by atoms with Gasteiger partial charge in [0.15, 0.2) is 5.43 Å².